The molecule has 0 spiro atoms. The van der Waals surface area contributed by atoms with Crippen LogP contribution in [0.3, 0.4) is 0 Å². The fourth-order valence-corrected chi connectivity index (χ4v) is 6.94. The average Bonchev–Trinajstić information content (AvgIpc) is 2.96. The Hall–Kier alpha value is -2.20. The van der Waals surface area contributed by atoms with Crippen LogP contribution in [-0.2, 0) is 23.9 Å². The number of methoxy groups -OCH3 is 1. The summed E-state index contributed by atoms with van der Waals surface area (Å²) >= 11 is 0. The van der Waals surface area contributed by atoms with E-state index in [9.17, 15) is 19.2 Å². The van der Waals surface area contributed by atoms with Crippen molar-refractivity contribution in [3.05, 3.63) is 0 Å². The molecule has 5 unspecified atom stereocenters. The van der Waals surface area contributed by atoms with Crippen molar-refractivity contribution >= 4 is 23.7 Å². The van der Waals surface area contributed by atoms with Crippen LogP contribution in [0.25, 0.3) is 0 Å². The van der Waals surface area contributed by atoms with Crippen LogP contribution in [0.5, 0.6) is 0 Å². The Morgan fingerprint density at radius 3 is 2.02 bits per heavy atom. The number of carbonyl (C=O) groups is 4. The zero-order valence-electron chi connectivity index (χ0n) is 27.5. The number of likely N-dealkylation sites (tertiary alicyclic amines) is 3. The summed E-state index contributed by atoms with van der Waals surface area (Å²) in [5.41, 5.74) is -0.476. The number of ether oxygens (including phenoxy) is 1. The van der Waals surface area contributed by atoms with Gasteiger partial charge in [-0.25, -0.2) is 4.79 Å². The first-order chi connectivity index (χ1) is 19.8. The Kier molecular flexibility index (Phi) is 12.2. The van der Waals surface area contributed by atoms with Gasteiger partial charge in [-0.05, 0) is 76.4 Å². The van der Waals surface area contributed by atoms with Crippen molar-refractivity contribution in [3.63, 3.8) is 0 Å². The van der Waals surface area contributed by atoms with E-state index in [0.29, 0.717) is 19.5 Å². The van der Waals surface area contributed by atoms with Gasteiger partial charge in [0, 0.05) is 26.2 Å². The third-order valence-corrected chi connectivity index (χ3v) is 9.67. The molecule has 5 atom stereocenters. The standard InChI is InChI=1S/C32H57N5O5/c1-22(2)26(35(7)30(40)27(32(3,4)5)33-28(38)23-15-9-12-18-34(23)6)21-36-19-13-10-16-24(36)29(39)37-20-14-11-17-25(37)31(41)42-8/h22-27H,9-21H2,1-8H3,(H,33,38). The van der Waals surface area contributed by atoms with Crippen molar-refractivity contribution in [1.82, 2.24) is 24.9 Å². The fourth-order valence-electron chi connectivity index (χ4n) is 6.94. The minimum absolute atomic E-state index is 0.00211. The quantitative estimate of drug-likeness (QED) is 0.412. The lowest BCUT2D eigenvalue weighted by Gasteiger charge is -2.45. The largest absolute Gasteiger partial charge is 0.467 e. The molecule has 10 nitrogen and oxygen atoms in total. The first kappa shape index (κ1) is 34.3. The number of nitrogens with zero attached hydrogens (tertiary/aromatic N) is 4. The van der Waals surface area contributed by atoms with Gasteiger partial charge in [0.15, 0.2) is 0 Å². The second kappa shape index (κ2) is 15.0. The molecule has 42 heavy (non-hydrogen) atoms. The summed E-state index contributed by atoms with van der Waals surface area (Å²) < 4.78 is 5.04. The van der Waals surface area contributed by atoms with E-state index < -0.39 is 17.5 Å². The smallest absolute Gasteiger partial charge is 0.328 e. The Labute approximate surface area is 253 Å². The second-order valence-corrected chi connectivity index (χ2v) is 14.1. The van der Waals surface area contributed by atoms with E-state index in [-0.39, 0.29) is 47.7 Å². The number of hydrogen-bond acceptors (Lipinski definition) is 7. The molecule has 0 radical (unpaired) electrons. The highest BCUT2D eigenvalue weighted by Gasteiger charge is 2.42. The molecule has 1 N–H and O–H groups in total. The lowest BCUT2D eigenvalue weighted by molar-refractivity contribution is -0.157. The topological polar surface area (TPSA) is 102 Å². The third-order valence-electron chi connectivity index (χ3n) is 9.67. The van der Waals surface area contributed by atoms with Gasteiger partial charge >= 0.3 is 5.97 Å². The maximum absolute atomic E-state index is 14.1. The predicted molar refractivity (Wildman–Crippen MR) is 164 cm³/mol. The Morgan fingerprint density at radius 1 is 0.881 bits per heavy atom. The van der Waals surface area contributed by atoms with Crippen molar-refractivity contribution in [3.8, 4) is 0 Å². The predicted octanol–water partition coefficient (Wildman–Crippen LogP) is 2.89. The van der Waals surface area contributed by atoms with E-state index in [1.54, 1.807) is 9.80 Å². The molecule has 3 heterocycles. The van der Waals surface area contributed by atoms with Gasteiger partial charge in [0.05, 0.1) is 19.2 Å². The molecule has 0 aromatic rings. The summed E-state index contributed by atoms with van der Waals surface area (Å²) in [6.07, 6.45) is 8.00. The van der Waals surface area contributed by atoms with Crippen LogP contribution in [0.1, 0.15) is 92.4 Å². The number of esters is 1. The van der Waals surface area contributed by atoms with E-state index in [1.807, 2.05) is 34.9 Å². The molecule has 3 rings (SSSR count). The Bertz CT molecular complexity index is 950. The van der Waals surface area contributed by atoms with E-state index in [1.165, 1.54) is 7.11 Å². The van der Waals surface area contributed by atoms with E-state index in [0.717, 1.165) is 64.5 Å². The third kappa shape index (κ3) is 8.24. The highest BCUT2D eigenvalue weighted by molar-refractivity contribution is 5.90. The molecule has 0 aliphatic carbocycles. The summed E-state index contributed by atoms with van der Waals surface area (Å²) in [7, 11) is 5.20. The van der Waals surface area contributed by atoms with Gasteiger partial charge in [-0.2, -0.15) is 0 Å². The molecular weight excluding hydrogens is 534 g/mol. The van der Waals surface area contributed by atoms with Gasteiger partial charge in [-0.1, -0.05) is 47.5 Å². The number of piperidine rings is 3. The molecule has 0 aromatic carbocycles. The van der Waals surface area contributed by atoms with Gasteiger partial charge < -0.3 is 19.9 Å². The number of rotatable bonds is 9. The van der Waals surface area contributed by atoms with Crippen molar-refractivity contribution in [2.75, 3.05) is 47.4 Å². The van der Waals surface area contributed by atoms with Crippen LogP contribution in [0.15, 0.2) is 0 Å². The van der Waals surface area contributed by atoms with Gasteiger partial charge in [0.2, 0.25) is 17.7 Å². The molecule has 240 valence electrons. The van der Waals surface area contributed by atoms with Gasteiger partial charge in [-0.3, -0.25) is 24.2 Å². The molecule has 3 aliphatic heterocycles. The first-order valence-electron chi connectivity index (χ1n) is 16.2. The number of hydrogen-bond donors (Lipinski definition) is 1. The van der Waals surface area contributed by atoms with Crippen molar-refractivity contribution in [1.29, 1.82) is 0 Å². The molecule has 3 saturated heterocycles. The summed E-state index contributed by atoms with van der Waals surface area (Å²) in [5.74, 6) is -0.392. The molecule has 0 aromatic heterocycles. The summed E-state index contributed by atoms with van der Waals surface area (Å²) in [5, 5.41) is 3.14. The molecule has 3 fully saturated rings. The molecule has 3 amide bonds. The second-order valence-electron chi connectivity index (χ2n) is 14.1. The lowest BCUT2D eigenvalue weighted by atomic mass is 9.84. The Morgan fingerprint density at radius 2 is 1.45 bits per heavy atom. The zero-order chi connectivity index (χ0) is 31.2. The number of nitrogens with one attached hydrogen (secondary N) is 1. The SMILES string of the molecule is COC(=O)C1CCCCN1C(=O)C1CCCCN1CC(C(C)C)N(C)C(=O)C(NC(=O)C1CCCCN1C)C(C)(C)C. The van der Waals surface area contributed by atoms with Crippen LogP contribution in [0, 0.1) is 11.3 Å². The van der Waals surface area contributed by atoms with Crippen molar-refractivity contribution in [2.45, 2.75) is 123 Å². The number of amides is 3. The molecule has 10 heteroatoms. The lowest BCUT2D eigenvalue weighted by Crippen LogP contribution is -2.62. The van der Waals surface area contributed by atoms with Gasteiger partial charge in [0.25, 0.3) is 0 Å². The highest BCUT2D eigenvalue weighted by Crippen LogP contribution is 2.28. The molecular formula is C32H57N5O5. The Balaban J connectivity index is 1.78. The molecule has 0 saturated carbocycles. The van der Waals surface area contributed by atoms with Crippen LogP contribution >= 0.6 is 0 Å². The van der Waals surface area contributed by atoms with E-state index in [2.05, 4.69) is 29.0 Å². The van der Waals surface area contributed by atoms with Crippen molar-refractivity contribution in [2.24, 2.45) is 11.3 Å². The fraction of sp³-hybridized carbons (Fsp3) is 0.875. The molecule has 0 bridgehead atoms. The maximum atomic E-state index is 14.1. The van der Waals surface area contributed by atoms with Gasteiger partial charge in [0.1, 0.15) is 12.1 Å². The normalized spacial score (nSPS) is 25.9. The number of likely N-dealkylation sites (N-methyl/N-ethyl adjacent to an activating group) is 2. The average molecular weight is 592 g/mol. The van der Waals surface area contributed by atoms with Crippen LogP contribution in [-0.4, -0.2) is 121 Å². The molecule has 3 aliphatic rings. The van der Waals surface area contributed by atoms with Crippen LogP contribution in [0.4, 0.5) is 0 Å². The summed E-state index contributed by atoms with van der Waals surface area (Å²) in [6.45, 7) is 13.0. The zero-order valence-corrected chi connectivity index (χ0v) is 27.5. The summed E-state index contributed by atoms with van der Waals surface area (Å²) in [6, 6.07) is -1.88. The monoisotopic (exact) mass is 591 g/mol. The van der Waals surface area contributed by atoms with Crippen molar-refractivity contribution < 1.29 is 23.9 Å². The van der Waals surface area contributed by atoms with E-state index in [4.69, 9.17) is 4.74 Å². The maximum Gasteiger partial charge on any atom is 0.328 e. The summed E-state index contributed by atoms with van der Waals surface area (Å²) in [4.78, 5) is 61.8. The highest BCUT2D eigenvalue weighted by atomic mass is 16.5. The first-order valence-corrected chi connectivity index (χ1v) is 16.2. The van der Waals surface area contributed by atoms with Crippen LogP contribution < -0.4 is 5.32 Å². The van der Waals surface area contributed by atoms with Crippen LogP contribution in [0.2, 0.25) is 0 Å². The van der Waals surface area contributed by atoms with Gasteiger partial charge in [-0.15, -0.1) is 0 Å². The minimum Gasteiger partial charge on any atom is -0.467 e. The van der Waals surface area contributed by atoms with E-state index >= 15 is 0 Å². The number of carbonyl (C=O) groups excluding carboxylic acids is 4. The minimum atomic E-state index is -0.667.